The average Bonchev–Trinajstić information content (AvgIpc) is 2.43. The maximum Gasteiger partial charge on any atom is 0.238 e. The van der Waals surface area contributed by atoms with E-state index < -0.39 is 0 Å². The highest BCUT2D eigenvalue weighted by Crippen LogP contribution is 2.21. The van der Waals surface area contributed by atoms with Crippen LogP contribution in [0.4, 0.5) is 10.1 Å². The number of aryl methyl sites for hydroxylation is 1. The molecule has 0 aromatic heterocycles. The summed E-state index contributed by atoms with van der Waals surface area (Å²) in [5.74, 6) is 2.03. The molecule has 1 heterocycles. The molecule has 5 heteroatoms. The third-order valence-corrected chi connectivity index (χ3v) is 4.72. The van der Waals surface area contributed by atoms with E-state index in [4.69, 9.17) is 0 Å². The van der Waals surface area contributed by atoms with Gasteiger partial charge in [-0.2, -0.15) is 11.8 Å². The standard InChI is InChI=1S/C15H21FN2OS/c1-11-9-12(16)3-4-14(11)17-15(19)10-18(2)13-5-7-20-8-6-13/h3-4,9,13H,5-8,10H2,1-2H3,(H,17,19). The first-order valence-corrected chi connectivity index (χ1v) is 8.05. The normalized spacial score (nSPS) is 16.4. The van der Waals surface area contributed by atoms with Gasteiger partial charge in [-0.1, -0.05) is 0 Å². The topological polar surface area (TPSA) is 32.3 Å². The molecule has 0 atom stereocenters. The lowest BCUT2D eigenvalue weighted by Crippen LogP contribution is -2.40. The van der Waals surface area contributed by atoms with Crippen molar-refractivity contribution in [3.05, 3.63) is 29.6 Å². The van der Waals surface area contributed by atoms with Gasteiger partial charge in [-0.3, -0.25) is 9.69 Å². The maximum atomic E-state index is 13.0. The molecule has 1 saturated heterocycles. The Morgan fingerprint density at radius 2 is 2.15 bits per heavy atom. The fraction of sp³-hybridized carbons (Fsp3) is 0.533. The highest BCUT2D eigenvalue weighted by molar-refractivity contribution is 7.99. The van der Waals surface area contributed by atoms with Crippen molar-refractivity contribution in [3.8, 4) is 0 Å². The van der Waals surface area contributed by atoms with Gasteiger partial charge >= 0.3 is 0 Å². The second kappa shape index (κ2) is 7.09. The molecule has 110 valence electrons. The molecular formula is C15H21FN2OS. The molecule has 0 aliphatic carbocycles. The quantitative estimate of drug-likeness (QED) is 0.927. The van der Waals surface area contributed by atoms with Gasteiger partial charge in [-0.15, -0.1) is 0 Å². The molecule has 3 nitrogen and oxygen atoms in total. The van der Waals surface area contributed by atoms with Gasteiger partial charge in [0, 0.05) is 11.7 Å². The summed E-state index contributed by atoms with van der Waals surface area (Å²) in [6, 6.07) is 4.90. The van der Waals surface area contributed by atoms with Crippen LogP contribution in [-0.2, 0) is 4.79 Å². The largest absolute Gasteiger partial charge is 0.325 e. The van der Waals surface area contributed by atoms with E-state index in [2.05, 4.69) is 10.2 Å². The van der Waals surface area contributed by atoms with Crippen molar-refractivity contribution < 1.29 is 9.18 Å². The van der Waals surface area contributed by atoms with Crippen LogP contribution in [0, 0.1) is 12.7 Å². The molecule has 0 bridgehead atoms. The fourth-order valence-electron chi connectivity index (χ4n) is 2.44. The molecule has 2 rings (SSSR count). The van der Waals surface area contributed by atoms with E-state index >= 15 is 0 Å². The summed E-state index contributed by atoms with van der Waals surface area (Å²) >= 11 is 1.98. The summed E-state index contributed by atoms with van der Waals surface area (Å²) in [6.45, 7) is 2.17. The maximum absolute atomic E-state index is 13.0. The third kappa shape index (κ3) is 4.21. The zero-order chi connectivity index (χ0) is 14.5. The van der Waals surface area contributed by atoms with Crippen LogP contribution in [0.5, 0.6) is 0 Å². The Balaban J connectivity index is 1.88. The van der Waals surface area contributed by atoms with Crippen LogP contribution in [-0.4, -0.2) is 41.9 Å². The van der Waals surface area contributed by atoms with Gasteiger partial charge in [0.05, 0.1) is 6.54 Å². The van der Waals surface area contributed by atoms with Gasteiger partial charge in [0.25, 0.3) is 0 Å². The van der Waals surface area contributed by atoms with E-state index in [0.717, 1.165) is 18.4 Å². The highest BCUT2D eigenvalue weighted by Gasteiger charge is 2.20. The summed E-state index contributed by atoms with van der Waals surface area (Å²) in [5.41, 5.74) is 1.43. The van der Waals surface area contributed by atoms with Crippen LogP contribution in [0.15, 0.2) is 18.2 Å². The van der Waals surface area contributed by atoms with Gasteiger partial charge in [-0.05, 0) is 62.1 Å². The Kier molecular flexibility index (Phi) is 5.43. The molecule has 1 N–H and O–H groups in total. The number of carbonyl (C=O) groups excluding carboxylic acids is 1. The van der Waals surface area contributed by atoms with Crippen LogP contribution in [0.1, 0.15) is 18.4 Å². The van der Waals surface area contributed by atoms with E-state index in [1.165, 1.54) is 23.6 Å². The molecule has 1 aromatic rings. The van der Waals surface area contributed by atoms with Crippen molar-refractivity contribution in [2.75, 3.05) is 30.4 Å². The van der Waals surface area contributed by atoms with E-state index in [0.29, 0.717) is 18.3 Å². The fourth-order valence-corrected chi connectivity index (χ4v) is 3.52. The number of benzene rings is 1. The van der Waals surface area contributed by atoms with Crippen LogP contribution >= 0.6 is 11.8 Å². The van der Waals surface area contributed by atoms with Crippen molar-refractivity contribution in [3.63, 3.8) is 0 Å². The van der Waals surface area contributed by atoms with Crippen molar-refractivity contribution in [2.45, 2.75) is 25.8 Å². The second-order valence-electron chi connectivity index (χ2n) is 5.27. The highest BCUT2D eigenvalue weighted by atomic mass is 32.2. The van der Waals surface area contributed by atoms with E-state index in [1.807, 2.05) is 18.8 Å². The lowest BCUT2D eigenvalue weighted by atomic mass is 10.1. The number of amides is 1. The molecule has 0 spiro atoms. The molecule has 0 radical (unpaired) electrons. The predicted octanol–water partition coefficient (Wildman–Crippen LogP) is 2.90. The SMILES string of the molecule is Cc1cc(F)ccc1NC(=O)CN(C)C1CCSCC1. The minimum Gasteiger partial charge on any atom is -0.325 e. The first kappa shape index (κ1) is 15.3. The Morgan fingerprint density at radius 1 is 1.45 bits per heavy atom. The first-order valence-electron chi connectivity index (χ1n) is 6.90. The monoisotopic (exact) mass is 296 g/mol. The summed E-state index contributed by atoms with van der Waals surface area (Å²) in [6.07, 6.45) is 2.29. The minimum absolute atomic E-state index is 0.0413. The zero-order valence-corrected chi connectivity index (χ0v) is 12.8. The van der Waals surface area contributed by atoms with E-state index in [-0.39, 0.29) is 11.7 Å². The van der Waals surface area contributed by atoms with E-state index in [9.17, 15) is 9.18 Å². The summed E-state index contributed by atoms with van der Waals surface area (Å²) < 4.78 is 13.0. The lowest BCUT2D eigenvalue weighted by Gasteiger charge is -2.30. The number of rotatable bonds is 4. The molecule has 1 aromatic carbocycles. The molecule has 20 heavy (non-hydrogen) atoms. The zero-order valence-electron chi connectivity index (χ0n) is 12.0. The molecule has 1 fully saturated rings. The summed E-state index contributed by atoms with van der Waals surface area (Å²) in [4.78, 5) is 14.2. The molecule has 0 saturated carbocycles. The van der Waals surface area contributed by atoms with Gasteiger partial charge in [-0.25, -0.2) is 4.39 Å². The van der Waals surface area contributed by atoms with E-state index in [1.54, 1.807) is 13.0 Å². The molecule has 1 aliphatic heterocycles. The first-order chi connectivity index (χ1) is 9.56. The number of hydrogen-bond donors (Lipinski definition) is 1. The number of carbonyl (C=O) groups is 1. The Hall–Kier alpha value is -1.07. The number of nitrogens with one attached hydrogen (secondary N) is 1. The smallest absolute Gasteiger partial charge is 0.238 e. The van der Waals surface area contributed by atoms with Crippen LogP contribution in [0.2, 0.25) is 0 Å². The van der Waals surface area contributed by atoms with Crippen molar-refractivity contribution in [2.24, 2.45) is 0 Å². The Labute approximate surface area is 123 Å². The number of hydrogen-bond acceptors (Lipinski definition) is 3. The van der Waals surface area contributed by atoms with Crippen molar-refractivity contribution in [1.82, 2.24) is 4.90 Å². The molecular weight excluding hydrogens is 275 g/mol. The van der Waals surface area contributed by atoms with Gasteiger partial charge in [0.1, 0.15) is 5.82 Å². The van der Waals surface area contributed by atoms with Crippen LogP contribution in [0.3, 0.4) is 0 Å². The minimum atomic E-state index is -0.280. The predicted molar refractivity (Wildman–Crippen MR) is 82.7 cm³/mol. The Morgan fingerprint density at radius 3 is 2.80 bits per heavy atom. The second-order valence-corrected chi connectivity index (χ2v) is 6.49. The van der Waals surface area contributed by atoms with Gasteiger partial charge < -0.3 is 5.32 Å². The van der Waals surface area contributed by atoms with Crippen molar-refractivity contribution >= 4 is 23.4 Å². The van der Waals surface area contributed by atoms with Gasteiger partial charge in [0.2, 0.25) is 5.91 Å². The van der Waals surface area contributed by atoms with Gasteiger partial charge in [0.15, 0.2) is 0 Å². The summed E-state index contributed by atoms with van der Waals surface area (Å²) in [5, 5.41) is 2.85. The van der Waals surface area contributed by atoms with Crippen LogP contribution < -0.4 is 5.32 Å². The summed E-state index contributed by atoms with van der Waals surface area (Å²) in [7, 11) is 2.00. The number of likely N-dealkylation sites (N-methyl/N-ethyl adjacent to an activating group) is 1. The number of halogens is 1. The van der Waals surface area contributed by atoms with Crippen molar-refractivity contribution in [1.29, 1.82) is 0 Å². The number of thioether (sulfide) groups is 1. The lowest BCUT2D eigenvalue weighted by molar-refractivity contribution is -0.117. The third-order valence-electron chi connectivity index (χ3n) is 3.67. The average molecular weight is 296 g/mol. The number of nitrogens with zero attached hydrogens (tertiary/aromatic N) is 1. The molecule has 1 aliphatic rings. The molecule has 0 unspecified atom stereocenters. The molecule has 1 amide bonds. The Bertz CT molecular complexity index is 475. The van der Waals surface area contributed by atoms with Crippen LogP contribution in [0.25, 0.3) is 0 Å². The number of anilines is 1.